The van der Waals surface area contributed by atoms with Crippen LogP contribution in [0.4, 0.5) is 0 Å². The van der Waals surface area contributed by atoms with Crippen molar-refractivity contribution < 1.29 is 19.1 Å². The highest BCUT2D eigenvalue weighted by atomic mass is 35.5. The number of hydrogen-bond donors (Lipinski definition) is 0. The Kier molecular flexibility index (Phi) is 5.71. The number of carbonyl (C=O) groups excluding carboxylic acids is 2. The Labute approximate surface area is 140 Å². The first kappa shape index (κ1) is 17.4. The van der Waals surface area contributed by atoms with E-state index in [2.05, 4.69) is 0 Å². The van der Waals surface area contributed by atoms with E-state index in [1.165, 1.54) is 14.0 Å². The fourth-order valence-corrected chi connectivity index (χ4v) is 2.80. The second-order valence-corrected chi connectivity index (χ2v) is 5.63. The van der Waals surface area contributed by atoms with Crippen LogP contribution in [0.25, 0.3) is 0 Å². The van der Waals surface area contributed by atoms with Crippen LogP contribution >= 0.6 is 11.6 Å². The molecular weight excluding hydrogens is 320 g/mol. The summed E-state index contributed by atoms with van der Waals surface area (Å²) in [6.45, 7) is 5.94. The molecule has 1 saturated heterocycles. The van der Waals surface area contributed by atoms with Gasteiger partial charge >= 0.3 is 0 Å². The molecule has 1 aromatic rings. The van der Waals surface area contributed by atoms with Crippen molar-refractivity contribution in [3.8, 4) is 11.5 Å². The summed E-state index contributed by atoms with van der Waals surface area (Å²) < 4.78 is 10.7. The molecule has 126 valence electrons. The van der Waals surface area contributed by atoms with Gasteiger partial charge in [-0.25, -0.2) is 0 Å². The van der Waals surface area contributed by atoms with E-state index in [0.717, 1.165) is 0 Å². The van der Waals surface area contributed by atoms with Crippen molar-refractivity contribution in [2.75, 3.05) is 39.9 Å². The van der Waals surface area contributed by atoms with Crippen LogP contribution in [0.2, 0.25) is 5.02 Å². The van der Waals surface area contributed by atoms with Gasteiger partial charge in [0.15, 0.2) is 11.5 Å². The molecule has 0 unspecified atom stereocenters. The standard InChI is InChI=1S/C16H21ClN2O4/c1-4-23-15-13(17)9-12(10-14(15)22-3)16(21)19-7-5-18(6-8-19)11(2)20/h9-10H,4-8H2,1-3H3. The Morgan fingerprint density at radius 3 is 2.30 bits per heavy atom. The van der Waals surface area contributed by atoms with Gasteiger partial charge in [0.1, 0.15) is 0 Å². The first-order chi connectivity index (χ1) is 11.0. The lowest BCUT2D eigenvalue weighted by molar-refractivity contribution is -0.130. The van der Waals surface area contributed by atoms with Gasteiger partial charge in [0.25, 0.3) is 5.91 Å². The minimum absolute atomic E-state index is 0.0304. The predicted molar refractivity (Wildman–Crippen MR) is 87.3 cm³/mol. The lowest BCUT2D eigenvalue weighted by Crippen LogP contribution is -2.50. The van der Waals surface area contributed by atoms with Crippen LogP contribution in [0.5, 0.6) is 11.5 Å². The van der Waals surface area contributed by atoms with E-state index in [1.54, 1.807) is 21.9 Å². The molecule has 0 aliphatic carbocycles. The third kappa shape index (κ3) is 3.88. The highest BCUT2D eigenvalue weighted by Gasteiger charge is 2.25. The summed E-state index contributed by atoms with van der Waals surface area (Å²) in [6, 6.07) is 3.23. The van der Waals surface area contributed by atoms with Gasteiger partial charge in [-0.05, 0) is 19.1 Å². The molecule has 0 atom stereocenters. The van der Waals surface area contributed by atoms with Crippen molar-refractivity contribution in [3.05, 3.63) is 22.7 Å². The SMILES string of the molecule is CCOc1c(Cl)cc(C(=O)N2CCN(C(C)=O)CC2)cc1OC. The average Bonchev–Trinajstić information content (AvgIpc) is 2.56. The summed E-state index contributed by atoms with van der Waals surface area (Å²) in [5.41, 5.74) is 0.451. The Morgan fingerprint density at radius 2 is 1.78 bits per heavy atom. The van der Waals surface area contributed by atoms with Gasteiger partial charge in [-0.2, -0.15) is 0 Å². The van der Waals surface area contributed by atoms with Crippen LogP contribution in [0, 0.1) is 0 Å². The fraction of sp³-hybridized carbons (Fsp3) is 0.500. The van der Waals surface area contributed by atoms with Crippen LogP contribution in [-0.2, 0) is 4.79 Å². The summed E-state index contributed by atoms with van der Waals surface area (Å²) in [4.78, 5) is 27.4. The quantitative estimate of drug-likeness (QED) is 0.841. The molecule has 1 heterocycles. The van der Waals surface area contributed by atoms with E-state index in [9.17, 15) is 9.59 Å². The predicted octanol–water partition coefficient (Wildman–Crippen LogP) is 2.05. The van der Waals surface area contributed by atoms with Crippen LogP contribution < -0.4 is 9.47 Å². The molecule has 0 radical (unpaired) electrons. The molecule has 0 spiro atoms. The van der Waals surface area contributed by atoms with Crippen molar-refractivity contribution in [1.82, 2.24) is 9.80 Å². The summed E-state index contributed by atoms with van der Waals surface area (Å²) in [6.07, 6.45) is 0. The van der Waals surface area contributed by atoms with Gasteiger partial charge in [-0.1, -0.05) is 11.6 Å². The van der Waals surface area contributed by atoms with Gasteiger partial charge in [-0.15, -0.1) is 0 Å². The molecule has 0 N–H and O–H groups in total. The lowest BCUT2D eigenvalue weighted by Gasteiger charge is -2.34. The topological polar surface area (TPSA) is 59.1 Å². The minimum Gasteiger partial charge on any atom is -0.493 e. The molecule has 2 amide bonds. The molecule has 1 aromatic carbocycles. The van der Waals surface area contributed by atoms with E-state index >= 15 is 0 Å². The number of piperazine rings is 1. The maximum atomic E-state index is 12.6. The number of ether oxygens (including phenoxy) is 2. The Hall–Kier alpha value is -1.95. The van der Waals surface area contributed by atoms with Crippen LogP contribution in [0.3, 0.4) is 0 Å². The van der Waals surface area contributed by atoms with E-state index < -0.39 is 0 Å². The summed E-state index contributed by atoms with van der Waals surface area (Å²) in [7, 11) is 1.51. The molecule has 6 nitrogen and oxygen atoms in total. The van der Waals surface area contributed by atoms with Crippen molar-refractivity contribution in [2.24, 2.45) is 0 Å². The summed E-state index contributed by atoms with van der Waals surface area (Å²) in [5.74, 6) is 0.777. The van der Waals surface area contributed by atoms with Crippen molar-refractivity contribution in [1.29, 1.82) is 0 Å². The maximum Gasteiger partial charge on any atom is 0.254 e. The number of benzene rings is 1. The number of hydrogen-bond acceptors (Lipinski definition) is 4. The Bertz CT molecular complexity index is 598. The molecule has 0 saturated carbocycles. The maximum absolute atomic E-state index is 12.6. The summed E-state index contributed by atoms with van der Waals surface area (Å²) >= 11 is 6.21. The Balaban J connectivity index is 2.17. The highest BCUT2D eigenvalue weighted by molar-refractivity contribution is 6.32. The highest BCUT2D eigenvalue weighted by Crippen LogP contribution is 2.36. The third-order valence-corrected chi connectivity index (χ3v) is 4.06. The molecule has 23 heavy (non-hydrogen) atoms. The zero-order valence-corrected chi connectivity index (χ0v) is 14.4. The molecule has 2 rings (SSSR count). The van der Waals surface area contributed by atoms with Gasteiger partial charge in [-0.3, -0.25) is 9.59 Å². The number of halogens is 1. The number of amides is 2. The second kappa shape index (κ2) is 7.55. The number of rotatable bonds is 4. The largest absolute Gasteiger partial charge is 0.493 e. The molecular formula is C16H21ClN2O4. The molecule has 0 bridgehead atoms. The monoisotopic (exact) mass is 340 g/mol. The summed E-state index contributed by atoms with van der Waals surface area (Å²) in [5, 5.41) is 0.344. The van der Waals surface area contributed by atoms with Crippen molar-refractivity contribution in [3.63, 3.8) is 0 Å². The van der Waals surface area contributed by atoms with E-state index in [-0.39, 0.29) is 11.8 Å². The van der Waals surface area contributed by atoms with Gasteiger partial charge in [0.05, 0.1) is 18.7 Å². The molecule has 7 heteroatoms. The van der Waals surface area contributed by atoms with Gasteiger partial charge < -0.3 is 19.3 Å². The van der Waals surface area contributed by atoms with Gasteiger partial charge in [0, 0.05) is 38.7 Å². The number of nitrogens with zero attached hydrogens (tertiary/aromatic N) is 2. The first-order valence-electron chi connectivity index (χ1n) is 7.53. The van der Waals surface area contributed by atoms with Crippen molar-refractivity contribution >= 4 is 23.4 Å². The molecule has 1 aliphatic rings. The zero-order valence-electron chi connectivity index (χ0n) is 13.6. The van der Waals surface area contributed by atoms with E-state index in [0.29, 0.717) is 54.9 Å². The average molecular weight is 341 g/mol. The smallest absolute Gasteiger partial charge is 0.254 e. The van der Waals surface area contributed by atoms with Crippen LogP contribution in [0.15, 0.2) is 12.1 Å². The normalized spacial score (nSPS) is 14.6. The number of methoxy groups -OCH3 is 1. The van der Waals surface area contributed by atoms with Crippen LogP contribution in [-0.4, -0.2) is 61.5 Å². The lowest BCUT2D eigenvalue weighted by atomic mass is 10.1. The number of carbonyl (C=O) groups is 2. The van der Waals surface area contributed by atoms with E-state index in [1.807, 2.05) is 6.92 Å². The molecule has 1 aliphatic heterocycles. The first-order valence-corrected chi connectivity index (χ1v) is 7.90. The van der Waals surface area contributed by atoms with Crippen molar-refractivity contribution in [2.45, 2.75) is 13.8 Å². The fourth-order valence-electron chi connectivity index (χ4n) is 2.53. The zero-order chi connectivity index (χ0) is 17.0. The Morgan fingerprint density at radius 1 is 1.17 bits per heavy atom. The molecule has 1 fully saturated rings. The van der Waals surface area contributed by atoms with E-state index in [4.69, 9.17) is 21.1 Å². The van der Waals surface area contributed by atoms with Gasteiger partial charge in [0.2, 0.25) is 5.91 Å². The minimum atomic E-state index is -0.128. The molecule has 0 aromatic heterocycles. The van der Waals surface area contributed by atoms with Crippen LogP contribution in [0.1, 0.15) is 24.2 Å². The second-order valence-electron chi connectivity index (χ2n) is 5.22. The third-order valence-electron chi connectivity index (χ3n) is 3.78.